The number of aromatic nitrogens is 1. The minimum absolute atomic E-state index is 0.0221. The zero-order chi connectivity index (χ0) is 14.9. The molecule has 0 saturated carbocycles. The van der Waals surface area contributed by atoms with Crippen LogP contribution >= 0.6 is 0 Å². The first-order chi connectivity index (χ1) is 9.37. The first-order valence-corrected chi connectivity index (χ1v) is 7.12. The molecule has 1 atom stereocenters. The van der Waals surface area contributed by atoms with Crippen LogP contribution in [0, 0.1) is 0 Å². The van der Waals surface area contributed by atoms with Crippen LogP contribution in [0.3, 0.4) is 0 Å². The molecule has 5 nitrogen and oxygen atoms in total. The summed E-state index contributed by atoms with van der Waals surface area (Å²) in [7, 11) is 1.85. The van der Waals surface area contributed by atoms with Gasteiger partial charge in [0.05, 0.1) is 17.6 Å². The molecule has 2 heterocycles. The molecule has 2 N–H and O–H groups in total. The van der Waals surface area contributed by atoms with Crippen LogP contribution in [0.25, 0.3) is 0 Å². The van der Waals surface area contributed by atoms with Crippen molar-refractivity contribution >= 4 is 11.6 Å². The molecule has 110 valence electrons. The molecule has 1 unspecified atom stereocenters. The molecule has 0 aliphatic carbocycles. The fraction of sp³-hybridized carbons (Fsp3) is 0.600. The second-order valence-electron chi connectivity index (χ2n) is 5.89. The van der Waals surface area contributed by atoms with Crippen molar-refractivity contribution in [3.63, 3.8) is 0 Å². The Balaban J connectivity index is 2.25. The zero-order valence-electron chi connectivity index (χ0n) is 12.8. The molecule has 1 amide bonds. The predicted molar refractivity (Wildman–Crippen MR) is 80.5 cm³/mol. The van der Waals surface area contributed by atoms with Crippen LogP contribution in [0.15, 0.2) is 18.3 Å². The average molecular weight is 276 g/mol. The topological polar surface area (TPSA) is 62.5 Å². The van der Waals surface area contributed by atoms with Crippen molar-refractivity contribution < 1.29 is 4.79 Å². The number of amides is 1. The van der Waals surface area contributed by atoms with Crippen molar-refractivity contribution in [2.45, 2.75) is 38.8 Å². The molecule has 0 bridgehead atoms. The van der Waals surface area contributed by atoms with E-state index in [1.54, 1.807) is 4.90 Å². The summed E-state index contributed by atoms with van der Waals surface area (Å²) in [5, 5.41) is 0. The molecular formula is C15H24N4O. The Morgan fingerprint density at radius 3 is 2.65 bits per heavy atom. The standard InChI is InChI=1S/C15H24N4O/c1-5-12(16)13-7-6-11(10-17-13)19-9-8-18(4)14(20)15(19,2)3/h6-7,10,12H,5,8-9,16H2,1-4H3. The van der Waals surface area contributed by atoms with Gasteiger partial charge in [-0.15, -0.1) is 0 Å². The predicted octanol–water partition coefficient (Wildman–Crippen LogP) is 1.55. The van der Waals surface area contributed by atoms with E-state index in [4.69, 9.17) is 5.73 Å². The molecule has 1 aliphatic heterocycles. The van der Waals surface area contributed by atoms with Gasteiger partial charge in [0.15, 0.2) is 0 Å². The molecule has 0 radical (unpaired) electrons. The van der Waals surface area contributed by atoms with Crippen molar-refractivity contribution in [3.05, 3.63) is 24.0 Å². The highest BCUT2D eigenvalue weighted by atomic mass is 16.2. The number of carbonyl (C=O) groups excluding carboxylic acids is 1. The number of rotatable bonds is 3. The molecular weight excluding hydrogens is 252 g/mol. The number of carbonyl (C=O) groups is 1. The molecule has 1 saturated heterocycles. The molecule has 2 rings (SSSR count). The third kappa shape index (κ3) is 2.50. The van der Waals surface area contributed by atoms with Crippen LogP contribution < -0.4 is 10.6 Å². The third-order valence-corrected chi connectivity index (χ3v) is 4.11. The van der Waals surface area contributed by atoms with Crippen molar-refractivity contribution in [1.29, 1.82) is 0 Å². The number of hydrogen-bond donors (Lipinski definition) is 1. The van der Waals surface area contributed by atoms with Crippen molar-refractivity contribution in [3.8, 4) is 0 Å². The van der Waals surface area contributed by atoms with Crippen LogP contribution in [0.2, 0.25) is 0 Å². The van der Waals surface area contributed by atoms with Crippen LogP contribution in [0.1, 0.15) is 38.9 Å². The van der Waals surface area contributed by atoms with Crippen LogP contribution in [0.4, 0.5) is 5.69 Å². The van der Waals surface area contributed by atoms with Gasteiger partial charge in [0.1, 0.15) is 5.54 Å². The summed E-state index contributed by atoms with van der Waals surface area (Å²) in [6.07, 6.45) is 2.69. The second kappa shape index (κ2) is 5.40. The van der Waals surface area contributed by atoms with E-state index < -0.39 is 5.54 Å². The van der Waals surface area contributed by atoms with E-state index in [0.29, 0.717) is 0 Å². The van der Waals surface area contributed by atoms with Crippen molar-refractivity contribution in [2.24, 2.45) is 5.73 Å². The molecule has 5 heteroatoms. The molecule has 1 fully saturated rings. The highest BCUT2D eigenvalue weighted by molar-refractivity contribution is 5.90. The van der Waals surface area contributed by atoms with E-state index in [9.17, 15) is 4.79 Å². The minimum Gasteiger partial charge on any atom is -0.354 e. The molecule has 20 heavy (non-hydrogen) atoms. The Bertz CT molecular complexity index is 483. The van der Waals surface area contributed by atoms with E-state index in [2.05, 4.69) is 9.88 Å². The monoisotopic (exact) mass is 276 g/mol. The van der Waals surface area contributed by atoms with Gasteiger partial charge in [-0.3, -0.25) is 9.78 Å². The Labute approximate surface area is 120 Å². The van der Waals surface area contributed by atoms with Crippen molar-refractivity contribution in [1.82, 2.24) is 9.88 Å². The molecule has 0 aromatic carbocycles. The SMILES string of the molecule is CCC(N)c1ccc(N2CCN(C)C(=O)C2(C)C)cn1. The first-order valence-electron chi connectivity index (χ1n) is 7.12. The van der Waals surface area contributed by atoms with Gasteiger partial charge in [0, 0.05) is 26.2 Å². The fourth-order valence-electron chi connectivity index (χ4n) is 2.65. The normalized spacial score (nSPS) is 20.1. The quantitative estimate of drug-likeness (QED) is 0.910. The van der Waals surface area contributed by atoms with Gasteiger partial charge in [-0.25, -0.2) is 0 Å². The number of piperazine rings is 1. The summed E-state index contributed by atoms with van der Waals surface area (Å²) in [6.45, 7) is 7.50. The van der Waals surface area contributed by atoms with E-state index >= 15 is 0 Å². The van der Waals surface area contributed by atoms with Crippen molar-refractivity contribution in [2.75, 3.05) is 25.0 Å². The lowest BCUT2D eigenvalue weighted by Gasteiger charge is -2.46. The minimum atomic E-state index is -0.539. The maximum absolute atomic E-state index is 12.3. The molecule has 0 spiro atoms. The van der Waals surface area contributed by atoms with Crippen LogP contribution in [-0.2, 0) is 4.79 Å². The summed E-state index contributed by atoms with van der Waals surface area (Å²) >= 11 is 0. The highest BCUT2D eigenvalue weighted by Crippen LogP contribution is 2.28. The number of hydrogen-bond acceptors (Lipinski definition) is 4. The van der Waals surface area contributed by atoms with Gasteiger partial charge in [-0.2, -0.15) is 0 Å². The maximum atomic E-state index is 12.3. The smallest absolute Gasteiger partial charge is 0.247 e. The van der Waals surface area contributed by atoms with E-state index in [1.807, 2.05) is 46.1 Å². The Kier molecular flexibility index (Phi) is 3.99. The molecule has 1 aliphatic rings. The lowest BCUT2D eigenvalue weighted by molar-refractivity contribution is -0.136. The second-order valence-corrected chi connectivity index (χ2v) is 5.89. The van der Waals surface area contributed by atoms with Gasteiger partial charge >= 0.3 is 0 Å². The summed E-state index contributed by atoms with van der Waals surface area (Å²) in [4.78, 5) is 20.6. The summed E-state index contributed by atoms with van der Waals surface area (Å²) in [5.41, 5.74) is 7.31. The summed E-state index contributed by atoms with van der Waals surface area (Å²) < 4.78 is 0. The lowest BCUT2D eigenvalue weighted by Crippen LogP contribution is -2.62. The van der Waals surface area contributed by atoms with E-state index in [1.165, 1.54) is 0 Å². The van der Waals surface area contributed by atoms with Gasteiger partial charge in [-0.1, -0.05) is 6.92 Å². The number of likely N-dealkylation sites (N-methyl/N-ethyl adjacent to an activating group) is 1. The average Bonchev–Trinajstić information content (AvgIpc) is 2.44. The maximum Gasteiger partial charge on any atom is 0.247 e. The van der Waals surface area contributed by atoms with Gasteiger partial charge in [0.2, 0.25) is 5.91 Å². The summed E-state index contributed by atoms with van der Waals surface area (Å²) in [5.74, 6) is 0.137. The third-order valence-electron chi connectivity index (χ3n) is 4.11. The summed E-state index contributed by atoms with van der Waals surface area (Å²) in [6, 6.07) is 3.95. The molecule has 1 aromatic rings. The highest BCUT2D eigenvalue weighted by Gasteiger charge is 2.40. The number of nitrogens with two attached hydrogens (primary N) is 1. The van der Waals surface area contributed by atoms with Gasteiger partial charge < -0.3 is 15.5 Å². The number of pyridine rings is 1. The Morgan fingerprint density at radius 2 is 2.10 bits per heavy atom. The molecule has 1 aromatic heterocycles. The van der Waals surface area contributed by atoms with E-state index in [0.717, 1.165) is 30.9 Å². The fourth-order valence-corrected chi connectivity index (χ4v) is 2.65. The first kappa shape index (κ1) is 14.8. The Morgan fingerprint density at radius 1 is 1.40 bits per heavy atom. The van der Waals surface area contributed by atoms with Crippen LogP contribution in [-0.4, -0.2) is 41.5 Å². The number of nitrogens with zero attached hydrogens (tertiary/aromatic N) is 3. The lowest BCUT2D eigenvalue weighted by atomic mass is 9.97. The van der Waals surface area contributed by atoms with Gasteiger partial charge in [0.25, 0.3) is 0 Å². The largest absolute Gasteiger partial charge is 0.354 e. The number of anilines is 1. The van der Waals surface area contributed by atoms with Crippen LogP contribution in [0.5, 0.6) is 0 Å². The van der Waals surface area contributed by atoms with E-state index in [-0.39, 0.29) is 11.9 Å². The Hall–Kier alpha value is -1.62. The zero-order valence-corrected chi connectivity index (χ0v) is 12.8. The van der Waals surface area contributed by atoms with Gasteiger partial charge in [-0.05, 0) is 32.4 Å².